The largest absolute Gasteiger partial charge is 0.349 e. The molecule has 1 fully saturated rings. The minimum Gasteiger partial charge on any atom is -0.349 e. The van der Waals surface area contributed by atoms with Gasteiger partial charge in [0.15, 0.2) is 5.69 Å². The minimum atomic E-state index is -0.231. The summed E-state index contributed by atoms with van der Waals surface area (Å²) in [7, 11) is 0. The number of rotatable bonds is 6. The third kappa shape index (κ3) is 4.07. The number of amides is 1. The van der Waals surface area contributed by atoms with E-state index >= 15 is 0 Å². The SMILES string of the molecule is CCN1CCC[C@@H]1CNC(=O)c1nn(Cc2ccccc2)c(=O)c2ccccc12. The van der Waals surface area contributed by atoms with Gasteiger partial charge in [0.25, 0.3) is 11.5 Å². The lowest BCUT2D eigenvalue weighted by Crippen LogP contribution is -2.40. The lowest BCUT2D eigenvalue weighted by molar-refractivity contribution is 0.0936. The number of carbonyl (C=O) groups is 1. The van der Waals surface area contributed by atoms with Gasteiger partial charge in [-0.05, 0) is 37.6 Å². The van der Waals surface area contributed by atoms with Crippen LogP contribution in [0.2, 0.25) is 0 Å². The average molecular weight is 390 g/mol. The second-order valence-electron chi connectivity index (χ2n) is 7.48. The summed E-state index contributed by atoms with van der Waals surface area (Å²) in [6, 6.07) is 17.2. The topological polar surface area (TPSA) is 67.2 Å². The summed E-state index contributed by atoms with van der Waals surface area (Å²) in [5.74, 6) is -0.231. The summed E-state index contributed by atoms with van der Waals surface area (Å²) >= 11 is 0. The van der Waals surface area contributed by atoms with Crippen LogP contribution < -0.4 is 10.9 Å². The Kier molecular flexibility index (Phi) is 5.71. The highest BCUT2D eigenvalue weighted by molar-refractivity contribution is 6.04. The maximum atomic E-state index is 13.0. The molecule has 2 heterocycles. The summed E-state index contributed by atoms with van der Waals surface area (Å²) in [6.45, 7) is 5.15. The van der Waals surface area contributed by atoms with Gasteiger partial charge in [-0.15, -0.1) is 0 Å². The number of carbonyl (C=O) groups excluding carboxylic acids is 1. The number of hydrogen-bond acceptors (Lipinski definition) is 4. The van der Waals surface area contributed by atoms with Gasteiger partial charge in [-0.1, -0.05) is 55.5 Å². The fourth-order valence-electron chi connectivity index (χ4n) is 4.10. The van der Waals surface area contributed by atoms with Crippen LogP contribution in [0.25, 0.3) is 10.8 Å². The van der Waals surface area contributed by atoms with Gasteiger partial charge in [0.2, 0.25) is 0 Å². The van der Waals surface area contributed by atoms with E-state index in [1.54, 1.807) is 12.1 Å². The molecular formula is C23H26N4O2. The molecule has 6 nitrogen and oxygen atoms in total. The Morgan fingerprint density at radius 2 is 1.83 bits per heavy atom. The quantitative estimate of drug-likeness (QED) is 0.703. The van der Waals surface area contributed by atoms with Crippen LogP contribution in [0.5, 0.6) is 0 Å². The number of likely N-dealkylation sites (N-methyl/N-ethyl adjacent to an activating group) is 1. The van der Waals surface area contributed by atoms with Crippen molar-refractivity contribution < 1.29 is 4.79 Å². The predicted octanol–water partition coefficient (Wildman–Crippen LogP) is 2.66. The Balaban J connectivity index is 1.64. The molecule has 0 bridgehead atoms. The second kappa shape index (κ2) is 8.57. The van der Waals surface area contributed by atoms with Crippen LogP contribution in [-0.2, 0) is 6.54 Å². The fourth-order valence-corrected chi connectivity index (χ4v) is 4.10. The van der Waals surface area contributed by atoms with Crippen LogP contribution in [0.3, 0.4) is 0 Å². The normalized spacial score (nSPS) is 16.9. The van der Waals surface area contributed by atoms with E-state index in [-0.39, 0.29) is 11.5 Å². The van der Waals surface area contributed by atoms with E-state index in [4.69, 9.17) is 0 Å². The first kappa shape index (κ1) is 19.3. The van der Waals surface area contributed by atoms with Crippen molar-refractivity contribution in [2.24, 2.45) is 0 Å². The average Bonchev–Trinajstić information content (AvgIpc) is 3.22. The van der Waals surface area contributed by atoms with Gasteiger partial charge in [-0.25, -0.2) is 4.68 Å². The zero-order valence-corrected chi connectivity index (χ0v) is 16.7. The zero-order chi connectivity index (χ0) is 20.2. The van der Waals surface area contributed by atoms with E-state index in [0.29, 0.717) is 35.6 Å². The first-order valence-corrected chi connectivity index (χ1v) is 10.2. The van der Waals surface area contributed by atoms with E-state index in [1.165, 1.54) is 4.68 Å². The predicted molar refractivity (Wildman–Crippen MR) is 114 cm³/mol. The highest BCUT2D eigenvalue weighted by Crippen LogP contribution is 2.17. The first-order valence-electron chi connectivity index (χ1n) is 10.2. The van der Waals surface area contributed by atoms with Crippen LogP contribution in [-0.4, -0.2) is 46.3 Å². The first-order chi connectivity index (χ1) is 14.2. The highest BCUT2D eigenvalue weighted by atomic mass is 16.2. The molecule has 1 atom stereocenters. The number of nitrogens with zero attached hydrogens (tertiary/aromatic N) is 3. The number of benzene rings is 2. The van der Waals surface area contributed by atoms with Crippen molar-refractivity contribution >= 4 is 16.7 Å². The molecule has 6 heteroatoms. The molecule has 1 aromatic heterocycles. The highest BCUT2D eigenvalue weighted by Gasteiger charge is 2.24. The van der Waals surface area contributed by atoms with Crippen LogP contribution >= 0.6 is 0 Å². The Hall–Kier alpha value is -2.99. The third-order valence-corrected chi connectivity index (χ3v) is 5.66. The molecule has 2 aromatic carbocycles. The van der Waals surface area contributed by atoms with Gasteiger partial charge in [-0.2, -0.15) is 5.10 Å². The molecule has 0 unspecified atom stereocenters. The lowest BCUT2D eigenvalue weighted by Gasteiger charge is -2.23. The molecule has 4 rings (SSSR count). The number of fused-ring (bicyclic) bond motifs is 1. The van der Waals surface area contributed by atoms with Crippen molar-refractivity contribution in [3.8, 4) is 0 Å². The van der Waals surface area contributed by atoms with Crippen molar-refractivity contribution in [3.63, 3.8) is 0 Å². The number of aromatic nitrogens is 2. The van der Waals surface area contributed by atoms with Gasteiger partial charge in [0, 0.05) is 18.0 Å². The van der Waals surface area contributed by atoms with Gasteiger partial charge in [0.1, 0.15) is 0 Å². The Morgan fingerprint density at radius 3 is 2.59 bits per heavy atom. The maximum absolute atomic E-state index is 13.0. The van der Waals surface area contributed by atoms with Gasteiger partial charge in [0.05, 0.1) is 11.9 Å². The molecule has 1 aliphatic rings. The van der Waals surface area contributed by atoms with E-state index < -0.39 is 0 Å². The molecule has 0 radical (unpaired) electrons. The van der Waals surface area contributed by atoms with Crippen molar-refractivity contribution in [1.29, 1.82) is 0 Å². The lowest BCUT2D eigenvalue weighted by atomic mass is 10.1. The molecule has 1 aliphatic heterocycles. The summed E-state index contributed by atoms with van der Waals surface area (Å²) < 4.78 is 1.39. The summed E-state index contributed by atoms with van der Waals surface area (Å²) in [5, 5.41) is 8.62. The molecule has 0 aliphatic carbocycles. The molecule has 150 valence electrons. The van der Waals surface area contributed by atoms with Crippen LogP contribution in [0.4, 0.5) is 0 Å². The Morgan fingerprint density at radius 1 is 1.10 bits per heavy atom. The summed E-state index contributed by atoms with van der Waals surface area (Å²) in [6.07, 6.45) is 2.26. The standard InChI is InChI=1S/C23H26N4O2/c1-2-26-14-8-11-18(26)15-24-22(28)21-19-12-6-7-13-20(19)23(29)27(25-21)16-17-9-4-3-5-10-17/h3-7,9-10,12-13,18H,2,8,11,14-16H2,1H3,(H,24,28)/t18-/m1/s1. The van der Waals surface area contributed by atoms with Crippen molar-refractivity contribution in [2.75, 3.05) is 19.6 Å². The summed E-state index contributed by atoms with van der Waals surface area (Å²) in [5.41, 5.74) is 1.08. The van der Waals surface area contributed by atoms with Crippen molar-refractivity contribution in [1.82, 2.24) is 20.0 Å². The van der Waals surface area contributed by atoms with Crippen LogP contribution in [0, 0.1) is 0 Å². The Labute approximate surface area is 170 Å². The monoisotopic (exact) mass is 390 g/mol. The zero-order valence-electron chi connectivity index (χ0n) is 16.7. The fraction of sp³-hybridized carbons (Fsp3) is 0.348. The maximum Gasteiger partial charge on any atom is 0.274 e. The molecule has 1 saturated heterocycles. The minimum absolute atomic E-state index is 0.186. The molecule has 1 N–H and O–H groups in total. The molecule has 0 saturated carbocycles. The van der Waals surface area contributed by atoms with E-state index in [2.05, 4.69) is 22.2 Å². The smallest absolute Gasteiger partial charge is 0.274 e. The van der Waals surface area contributed by atoms with Gasteiger partial charge >= 0.3 is 0 Å². The molecular weight excluding hydrogens is 364 g/mol. The van der Waals surface area contributed by atoms with E-state index in [0.717, 1.165) is 31.5 Å². The van der Waals surface area contributed by atoms with Gasteiger partial charge < -0.3 is 5.32 Å². The summed E-state index contributed by atoms with van der Waals surface area (Å²) in [4.78, 5) is 28.3. The van der Waals surface area contributed by atoms with E-state index in [1.807, 2.05) is 42.5 Å². The van der Waals surface area contributed by atoms with Crippen molar-refractivity contribution in [2.45, 2.75) is 32.4 Å². The second-order valence-corrected chi connectivity index (χ2v) is 7.48. The molecule has 3 aromatic rings. The number of nitrogens with one attached hydrogen (secondary N) is 1. The number of likely N-dealkylation sites (tertiary alicyclic amines) is 1. The van der Waals surface area contributed by atoms with Crippen LogP contribution in [0.1, 0.15) is 35.8 Å². The van der Waals surface area contributed by atoms with E-state index in [9.17, 15) is 9.59 Å². The van der Waals surface area contributed by atoms with Crippen LogP contribution in [0.15, 0.2) is 59.4 Å². The Bertz CT molecular complexity index is 1060. The third-order valence-electron chi connectivity index (χ3n) is 5.66. The number of hydrogen-bond donors (Lipinski definition) is 1. The molecule has 29 heavy (non-hydrogen) atoms. The van der Waals surface area contributed by atoms with Gasteiger partial charge in [-0.3, -0.25) is 14.5 Å². The van der Waals surface area contributed by atoms with Crippen molar-refractivity contribution in [3.05, 3.63) is 76.2 Å². The molecule has 0 spiro atoms. The molecule has 1 amide bonds.